The maximum Gasteiger partial charge on any atom is 0.329 e. The van der Waals surface area contributed by atoms with Crippen LogP contribution in [0.5, 0.6) is 0 Å². The highest BCUT2D eigenvalue weighted by Gasteiger charge is 2.26. The topological polar surface area (TPSA) is 79.2 Å². The van der Waals surface area contributed by atoms with Crippen molar-refractivity contribution in [2.75, 3.05) is 6.61 Å². The van der Waals surface area contributed by atoms with Crippen LogP contribution < -0.4 is 5.32 Å². The fourth-order valence-corrected chi connectivity index (χ4v) is 2.02. The van der Waals surface area contributed by atoms with E-state index in [4.69, 9.17) is 10.00 Å². The SMILES string of the molecule is CC(C)[C@H](NC(=O)c1ccccc1Br)C(=O)OCC#N. The van der Waals surface area contributed by atoms with E-state index in [9.17, 15) is 9.59 Å². The van der Waals surface area contributed by atoms with E-state index in [1.165, 1.54) is 0 Å². The lowest BCUT2D eigenvalue weighted by Gasteiger charge is -2.20. The summed E-state index contributed by atoms with van der Waals surface area (Å²) in [4.78, 5) is 23.9. The maximum atomic E-state index is 12.1. The number of nitrogens with one attached hydrogen (secondary N) is 1. The maximum absolute atomic E-state index is 12.1. The second-order valence-electron chi connectivity index (χ2n) is 4.44. The highest BCUT2D eigenvalue weighted by atomic mass is 79.9. The summed E-state index contributed by atoms with van der Waals surface area (Å²) < 4.78 is 5.40. The van der Waals surface area contributed by atoms with Crippen molar-refractivity contribution in [2.24, 2.45) is 5.92 Å². The molecule has 0 bridgehead atoms. The number of amides is 1. The van der Waals surface area contributed by atoms with Gasteiger partial charge in [-0.15, -0.1) is 0 Å². The summed E-state index contributed by atoms with van der Waals surface area (Å²) in [5.74, 6) is -1.13. The Kier molecular flexibility index (Phi) is 6.19. The summed E-state index contributed by atoms with van der Waals surface area (Å²) >= 11 is 3.28. The fraction of sp³-hybridized carbons (Fsp3) is 0.357. The van der Waals surface area contributed by atoms with Gasteiger partial charge in [0.15, 0.2) is 6.61 Å². The van der Waals surface area contributed by atoms with Gasteiger partial charge in [0.25, 0.3) is 5.91 Å². The largest absolute Gasteiger partial charge is 0.449 e. The van der Waals surface area contributed by atoms with Crippen molar-refractivity contribution < 1.29 is 14.3 Å². The van der Waals surface area contributed by atoms with Crippen molar-refractivity contribution in [3.8, 4) is 6.07 Å². The Balaban J connectivity index is 2.81. The molecule has 106 valence electrons. The van der Waals surface area contributed by atoms with Crippen LogP contribution in [-0.2, 0) is 9.53 Å². The zero-order chi connectivity index (χ0) is 15.1. The molecule has 0 fully saturated rings. The Morgan fingerprint density at radius 1 is 1.40 bits per heavy atom. The average Bonchev–Trinajstić information content (AvgIpc) is 2.42. The van der Waals surface area contributed by atoms with Crippen LogP contribution in [0.2, 0.25) is 0 Å². The summed E-state index contributed by atoms with van der Waals surface area (Å²) in [6.45, 7) is 3.25. The number of hydrogen-bond acceptors (Lipinski definition) is 4. The zero-order valence-corrected chi connectivity index (χ0v) is 12.8. The molecule has 1 N–H and O–H groups in total. The normalized spacial score (nSPS) is 11.6. The average molecular weight is 339 g/mol. The number of rotatable bonds is 5. The van der Waals surface area contributed by atoms with Crippen LogP contribution in [0.15, 0.2) is 28.7 Å². The van der Waals surface area contributed by atoms with Crippen LogP contribution >= 0.6 is 15.9 Å². The number of esters is 1. The molecule has 0 spiro atoms. The smallest absolute Gasteiger partial charge is 0.329 e. The molecule has 1 aromatic rings. The molecule has 0 aliphatic carbocycles. The first-order valence-corrected chi connectivity index (χ1v) is 6.85. The quantitative estimate of drug-likeness (QED) is 0.835. The lowest BCUT2D eigenvalue weighted by molar-refractivity contribution is -0.145. The van der Waals surface area contributed by atoms with Crippen LogP contribution in [0.4, 0.5) is 0 Å². The van der Waals surface area contributed by atoms with Gasteiger partial charge in [-0.25, -0.2) is 4.79 Å². The molecule has 1 atom stereocenters. The predicted molar refractivity (Wildman–Crippen MR) is 76.8 cm³/mol. The Labute approximate surface area is 126 Å². The first-order valence-electron chi connectivity index (χ1n) is 6.06. The molecule has 1 aromatic carbocycles. The molecule has 6 heteroatoms. The zero-order valence-electron chi connectivity index (χ0n) is 11.2. The molecule has 0 radical (unpaired) electrons. The lowest BCUT2D eigenvalue weighted by Crippen LogP contribution is -2.45. The summed E-state index contributed by atoms with van der Waals surface area (Å²) in [6, 6.07) is 7.86. The number of nitriles is 1. The number of halogens is 1. The first-order chi connectivity index (χ1) is 9.47. The van der Waals surface area contributed by atoms with Gasteiger partial charge in [0.1, 0.15) is 12.1 Å². The third kappa shape index (κ3) is 4.35. The molecular weight excluding hydrogens is 324 g/mol. The molecule has 0 aromatic heterocycles. The van der Waals surface area contributed by atoms with E-state index in [0.717, 1.165) is 0 Å². The summed E-state index contributed by atoms with van der Waals surface area (Å²) in [5, 5.41) is 11.0. The second kappa shape index (κ2) is 7.65. The summed E-state index contributed by atoms with van der Waals surface area (Å²) in [6.07, 6.45) is 0. The van der Waals surface area contributed by atoms with Gasteiger partial charge in [0.05, 0.1) is 5.56 Å². The third-order valence-corrected chi connectivity index (χ3v) is 3.30. The van der Waals surface area contributed by atoms with Crippen molar-refractivity contribution >= 4 is 27.8 Å². The number of benzene rings is 1. The molecule has 0 heterocycles. The van der Waals surface area contributed by atoms with E-state index in [0.29, 0.717) is 10.0 Å². The van der Waals surface area contributed by atoms with Crippen molar-refractivity contribution in [2.45, 2.75) is 19.9 Å². The van der Waals surface area contributed by atoms with Gasteiger partial charge in [0.2, 0.25) is 0 Å². The minimum atomic E-state index is -0.789. The molecule has 0 aliphatic rings. The van der Waals surface area contributed by atoms with Crippen molar-refractivity contribution in [3.05, 3.63) is 34.3 Å². The molecule has 0 saturated carbocycles. The molecule has 5 nitrogen and oxygen atoms in total. The third-order valence-electron chi connectivity index (χ3n) is 2.60. The molecule has 0 aliphatic heterocycles. The Morgan fingerprint density at radius 3 is 2.60 bits per heavy atom. The Hall–Kier alpha value is -1.87. The van der Waals surface area contributed by atoms with Gasteiger partial charge >= 0.3 is 5.97 Å². The lowest BCUT2D eigenvalue weighted by atomic mass is 10.0. The minimum Gasteiger partial charge on any atom is -0.449 e. The molecule has 1 amide bonds. The van der Waals surface area contributed by atoms with Crippen LogP contribution in [-0.4, -0.2) is 24.5 Å². The van der Waals surface area contributed by atoms with Gasteiger partial charge in [-0.05, 0) is 34.0 Å². The number of nitrogens with zero attached hydrogens (tertiary/aromatic N) is 1. The van der Waals surface area contributed by atoms with E-state index in [1.807, 2.05) is 0 Å². The molecule has 0 saturated heterocycles. The summed E-state index contributed by atoms with van der Waals surface area (Å²) in [5.41, 5.74) is 0.436. The van der Waals surface area contributed by atoms with Crippen molar-refractivity contribution in [1.82, 2.24) is 5.32 Å². The Morgan fingerprint density at radius 2 is 2.05 bits per heavy atom. The fourth-order valence-electron chi connectivity index (χ4n) is 1.56. The van der Waals surface area contributed by atoms with Crippen LogP contribution in [0.1, 0.15) is 24.2 Å². The van der Waals surface area contributed by atoms with Gasteiger partial charge in [0, 0.05) is 4.47 Å². The van der Waals surface area contributed by atoms with Gasteiger partial charge in [-0.1, -0.05) is 26.0 Å². The summed E-state index contributed by atoms with van der Waals surface area (Å²) in [7, 11) is 0. The van der Waals surface area contributed by atoms with Gasteiger partial charge in [-0.2, -0.15) is 5.26 Å². The molecule has 1 rings (SSSR count). The monoisotopic (exact) mass is 338 g/mol. The van der Waals surface area contributed by atoms with Crippen LogP contribution in [0.25, 0.3) is 0 Å². The van der Waals surface area contributed by atoms with Gasteiger partial charge < -0.3 is 10.1 Å². The highest BCUT2D eigenvalue weighted by Crippen LogP contribution is 2.16. The highest BCUT2D eigenvalue weighted by molar-refractivity contribution is 9.10. The van der Waals surface area contributed by atoms with Crippen LogP contribution in [0.3, 0.4) is 0 Å². The van der Waals surface area contributed by atoms with Crippen LogP contribution in [0, 0.1) is 17.2 Å². The van der Waals surface area contributed by atoms with E-state index in [1.54, 1.807) is 44.2 Å². The predicted octanol–water partition coefficient (Wildman–Crippen LogP) is 2.27. The van der Waals surface area contributed by atoms with Crippen molar-refractivity contribution in [3.63, 3.8) is 0 Å². The second-order valence-corrected chi connectivity index (χ2v) is 5.30. The standard InChI is InChI=1S/C14H15BrN2O3/c1-9(2)12(14(19)20-8-7-16)17-13(18)10-5-3-4-6-11(10)15/h3-6,9,12H,8H2,1-2H3,(H,17,18)/t12-/m0/s1. The number of ether oxygens (including phenoxy) is 1. The molecule has 0 unspecified atom stereocenters. The molecule has 20 heavy (non-hydrogen) atoms. The number of hydrogen-bond donors (Lipinski definition) is 1. The van der Waals surface area contributed by atoms with Gasteiger partial charge in [-0.3, -0.25) is 4.79 Å². The first kappa shape index (κ1) is 16.2. The number of carbonyl (C=O) groups excluding carboxylic acids is 2. The number of carbonyl (C=O) groups is 2. The van der Waals surface area contributed by atoms with Crippen molar-refractivity contribution in [1.29, 1.82) is 5.26 Å². The molecular formula is C14H15BrN2O3. The van der Waals surface area contributed by atoms with E-state index < -0.39 is 12.0 Å². The Bertz CT molecular complexity index is 537. The van der Waals surface area contributed by atoms with E-state index >= 15 is 0 Å². The minimum absolute atomic E-state index is 0.146. The van der Waals surface area contributed by atoms with E-state index in [2.05, 4.69) is 21.2 Å². The van der Waals surface area contributed by atoms with E-state index in [-0.39, 0.29) is 18.4 Å².